The molecule has 1 aliphatic heterocycles. The average Bonchev–Trinajstić information content (AvgIpc) is 2.67. The van der Waals surface area contributed by atoms with Crippen molar-refractivity contribution in [2.75, 3.05) is 19.4 Å². The molecule has 0 bridgehead atoms. The van der Waals surface area contributed by atoms with E-state index in [1.165, 1.54) is 16.7 Å². The molecule has 0 aliphatic carbocycles. The number of nitrogens with one attached hydrogen (secondary N) is 1. The van der Waals surface area contributed by atoms with E-state index in [1.54, 1.807) is 14.1 Å². The first-order valence-corrected chi connectivity index (χ1v) is 6.75. The number of hydrogen-bond acceptors (Lipinski definition) is 4. The molecule has 0 saturated carbocycles. The number of amidine groups is 1. The third kappa shape index (κ3) is 3.14. The van der Waals surface area contributed by atoms with Crippen molar-refractivity contribution in [1.82, 2.24) is 4.90 Å². The number of hydrogen-bond donors (Lipinski definition) is 1. The zero-order chi connectivity index (χ0) is 13.8. The van der Waals surface area contributed by atoms with Crippen molar-refractivity contribution in [2.24, 2.45) is 4.99 Å². The molecule has 0 spiro atoms. The van der Waals surface area contributed by atoms with Crippen LogP contribution in [0, 0.1) is 0 Å². The zero-order valence-corrected chi connectivity index (χ0v) is 11.6. The molecule has 6 heteroatoms. The third-order valence-corrected chi connectivity index (χ3v) is 4.08. The van der Waals surface area contributed by atoms with Crippen LogP contribution in [0.15, 0.2) is 35.3 Å². The van der Waals surface area contributed by atoms with Gasteiger partial charge in [0.25, 0.3) is 0 Å². The van der Waals surface area contributed by atoms with Crippen LogP contribution < -0.4 is 5.32 Å². The number of carbonyl (C=O) groups is 2. The fourth-order valence-corrected chi connectivity index (χ4v) is 2.90. The van der Waals surface area contributed by atoms with Crippen LogP contribution in [0.1, 0.15) is 6.42 Å². The van der Waals surface area contributed by atoms with Gasteiger partial charge in [0.15, 0.2) is 5.17 Å². The molecule has 1 aliphatic rings. The molecule has 19 heavy (non-hydrogen) atoms. The summed E-state index contributed by atoms with van der Waals surface area (Å²) in [5.41, 5.74) is 0.737. The molecule has 1 heterocycles. The van der Waals surface area contributed by atoms with E-state index in [9.17, 15) is 9.59 Å². The Kier molecular flexibility index (Phi) is 4.21. The van der Waals surface area contributed by atoms with E-state index in [2.05, 4.69) is 10.3 Å². The number of thioether (sulfide) groups is 1. The Hall–Kier alpha value is -1.82. The Morgan fingerprint density at radius 1 is 1.42 bits per heavy atom. The van der Waals surface area contributed by atoms with Gasteiger partial charge >= 0.3 is 0 Å². The normalized spacial score (nSPS) is 20.9. The molecule has 1 aromatic carbocycles. The highest BCUT2D eigenvalue weighted by Crippen LogP contribution is 2.28. The first kappa shape index (κ1) is 13.6. The SMILES string of the molecule is CN=C1S[C@H](CC(=O)Nc2ccccc2)C(=O)N1C. The van der Waals surface area contributed by atoms with Gasteiger partial charge < -0.3 is 5.32 Å². The molecule has 1 saturated heterocycles. The molecule has 1 fully saturated rings. The Balaban J connectivity index is 1.95. The second kappa shape index (κ2) is 5.88. The number of para-hydroxylation sites is 1. The van der Waals surface area contributed by atoms with E-state index in [0.29, 0.717) is 5.17 Å². The summed E-state index contributed by atoms with van der Waals surface area (Å²) in [5, 5.41) is 3.05. The smallest absolute Gasteiger partial charge is 0.242 e. The number of nitrogens with zero attached hydrogens (tertiary/aromatic N) is 2. The molecule has 2 rings (SSSR count). The van der Waals surface area contributed by atoms with Crippen molar-refractivity contribution < 1.29 is 9.59 Å². The molecule has 2 amide bonds. The van der Waals surface area contributed by atoms with Crippen molar-refractivity contribution in [3.8, 4) is 0 Å². The number of rotatable bonds is 3. The summed E-state index contributed by atoms with van der Waals surface area (Å²) in [4.78, 5) is 29.3. The van der Waals surface area contributed by atoms with Crippen LogP contribution >= 0.6 is 11.8 Å². The maximum atomic E-state index is 11.9. The van der Waals surface area contributed by atoms with Crippen molar-refractivity contribution in [1.29, 1.82) is 0 Å². The predicted molar refractivity (Wildman–Crippen MR) is 77.2 cm³/mol. The van der Waals surface area contributed by atoms with Crippen molar-refractivity contribution in [2.45, 2.75) is 11.7 Å². The summed E-state index contributed by atoms with van der Waals surface area (Å²) in [5.74, 6) is -0.239. The van der Waals surface area contributed by atoms with Crippen LogP contribution in [0.25, 0.3) is 0 Å². The molecule has 1 atom stereocenters. The second-order valence-electron chi connectivity index (χ2n) is 4.13. The van der Waals surface area contributed by atoms with Crippen molar-refractivity contribution in [3.63, 3.8) is 0 Å². The minimum atomic E-state index is -0.382. The van der Waals surface area contributed by atoms with Gasteiger partial charge in [-0.25, -0.2) is 0 Å². The van der Waals surface area contributed by atoms with Gasteiger partial charge in [0, 0.05) is 26.2 Å². The summed E-state index contributed by atoms with van der Waals surface area (Å²) in [6, 6.07) is 9.20. The van der Waals surface area contributed by atoms with Gasteiger partial charge in [-0.1, -0.05) is 30.0 Å². The number of carbonyl (C=O) groups excluding carboxylic acids is 2. The lowest BCUT2D eigenvalue weighted by molar-refractivity contribution is -0.127. The van der Waals surface area contributed by atoms with E-state index in [-0.39, 0.29) is 23.5 Å². The van der Waals surface area contributed by atoms with Crippen molar-refractivity contribution in [3.05, 3.63) is 30.3 Å². The fourth-order valence-electron chi connectivity index (χ4n) is 1.80. The monoisotopic (exact) mass is 277 g/mol. The predicted octanol–water partition coefficient (Wildman–Crippen LogP) is 1.57. The largest absolute Gasteiger partial charge is 0.326 e. The van der Waals surface area contributed by atoms with Gasteiger partial charge in [0.2, 0.25) is 11.8 Å². The Morgan fingerprint density at radius 2 is 2.11 bits per heavy atom. The lowest BCUT2D eigenvalue weighted by atomic mass is 10.2. The zero-order valence-electron chi connectivity index (χ0n) is 10.8. The average molecular weight is 277 g/mol. The number of aliphatic imine (C=N–C) groups is 1. The molecule has 0 unspecified atom stereocenters. The molecule has 5 nitrogen and oxygen atoms in total. The molecule has 0 aromatic heterocycles. The van der Waals surface area contributed by atoms with E-state index in [0.717, 1.165) is 5.69 Å². The van der Waals surface area contributed by atoms with E-state index >= 15 is 0 Å². The fraction of sp³-hybridized carbons (Fsp3) is 0.308. The lowest BCUT2D eigenvalue weighted by Gasteiger charge is -2.09. The van der Waals surface area contributed by atoms with Crippen LogP contribution in [0.4, 0.5) is 5.69 Å². The van der Waals surface area contributed by atoms with Crippen LogP contribution in [0.3, 0.4) is 0 Å². The summed E-state index contributed by atoms with van der Waals surface area (Å²) in [6.07, 6.45) is 0.155. The molecule has 0 radical (unpaired) electrons. The second-order valence-corrected chi connectivity index (χ2v) is 5.30. The number of amides is 2. The quantitative estimate of drug-likeness (QED) is 0.912. The topological polar surface area (TPSA) is 61.8 Å². The highest BCUT2D eigenvalue weighted by molar-refractivity contribution is 8.15. The maximum absolute atomic E-state index is 11.9. The maximum Gasteiger partial charge on any atom is 0.242 e. The van der Waals surface area contributed by atoms with Crippen LogP contribution in [-0.2, 0) is 9.59 Å². The summed E-state index contributed by atoms with van der Waals surface area (Å²) < 4.78 is 0. The minimum absolute atomic E-state index is 0.0752. The minimum Gasteiger partial charge on any atom is -0.326 e. The van der Waals surface area contributed by atoms with Gasteiger partial charge in [0.1, 0.15) is 5.25 Å². The van der Waals surface area contributed by atoms with Crippen LogP contribution in [0.2, 0.25) is 0 Å². The van der Waals surface area contributed by atoms with Gasteiger partial charge in [-0.05, 0) is 12.1 Å². The summed E-state index contributed by atoms with van der Waals surface area (Å²) in [6.45, 7) is 0. The Labute approximate surface area is 116 Å². The molecule has 100 valence electrons. The van der Waals surface area contributed by atoms with Crippen LogP contribution in [0.5, 0.6) is 0 Å². The standard InChI is InChI=1S/C13H15N3O2S/c1-14-13-16(2)12(18)10(19-13)8-11(17)15-9-6-4-3-5-7-9/h3-7,10H,8H2,1-2H3,(H,15,17)/t10-/m1/s1. The van der Waals surface area contributed by atoms with Gasteiger partial charge in [0.05, 0.1) is 0 Å². The van der Waals surface area contributed by atoms with E-state index in [4.69, 9.17) is 0 Å². The molecular weight excluding hydrogens is 262 g/mol. The number of anilines is 1. The van der Waals surface area contributed by atoms with Gasteiger partial charge in [-0.3, -0.25) is 19.5 Å². The summed E-state index contributed by atoms with van der Waals surface area (Å²) >= 11 is 1.33. The van der Waals surface area contributed by atoms with Crippen molar-refractivity contribution >= 4 is 34.4 Å². The summed E-state index contributed by atoms with van der Waals surface area (Å²) in [7, 11) is 3.31. The van der Waals surface area contributed by atoms with Crippen LogP contribution in [-0.4, -0.2) is 41.2 Å². The molecule has 1 aromatic rings. The van der Waals surface area contributed by atoms with Gasteiger partial charge in [-0.15, -0.1) is 0 Å². The van der Waals surface area contributed by atoms with Gasteiger partial charge in [-0.2, -0.15) is 0 Å². The number of benzene rings is 1. The third-order valence-electron chi connectivity index (χ3n) is 2.76. The highest BCUT2D eigenvalue weighted by Gasteiger charge is 2.36. The van der Waals surface area contributed by atoms with E-state index in [1.807, 2.05) is 30.3 Å². The Morgan fingerprint density at radius 3 is 2.68 bits per heavy atom. The van der Waals surface area contributed by atoms with E-state index < -0.39 is 0 Å². The first-order valence-electron chi connectivity index (χ1n) is 5.87. The first-order chi connectivity index (χ1) is 9.11. The highest BCUT2D eigenvalue weighted by atomic mass is 32.2. The molecular formula is C13H15N3O2S. The Bertz CT molecular complexity index is 516. The molecule has 1 N–H and O–H groups in total. The lowest BCUT2D eigenvalue weighted by Crippen LogP contribution is -2.30.